The molecular weight excluding hydrogens is 415 g/mol. The third-order valence-corrected chi connectivity index (χ3v) is 4.46. The van der Waals surface area contributed by atoms with Crippen LogP contribution in [0.3, 0.4) is 0 Å². The molecule has 2 aromatic rings. The van der Waals surface area contributed by atoms with E-state index in [9.17, 15) is 22.8 Å². The van der Waals surface area contributed by atoms with E-state index in [0.717, 1.165) is 17.7 Å². The van der Waals surface area contributed by atoms with Crippen LogP contribution in [0.1, 0.15) is 30.0 Å². The van der Waals surface area contributed by atoms with Gasteiger partial charge in [0.25, 0.3) is 0 Å². The summed E-state index contributed by atoms with van der Waals surface area (Å²) in [6, 6.07) is 11.5. The van der Waals surface area contributed by atoms with Crippen molar-refractivity contribution in [3.8, 4) is 5.75 Å². The Morgan fingerprint density at radius 2 is 1.77 bits per heavy atom. The number of carbonyl (C=O) groups is 2. The predicted molar refractivity (Wildman–Crippen MR) is 107 cm³/mol. The van der Waals surface area contributed by atoms with E-state index in [2.05, 4.69) is 5.32 Å². The number of carboxylic acid groups (broad SMARTS) is 1. The molecule has 0 aliphatic heterocycles. The number of halogens is 3. The lowest BCUT2D eigenvalue weighted by Gasteiger charge is -2.16. The molecule has 0 bridgehead atoms. The molecule has 0 radical (unpaired) electrons. The number of hydrogen-bond donors (Lipinski definition) is 2. The lowest BCUT2D eigenvalue weighted by Crippen LogP contribution is -2.28. The second-order valence-electron chi connectivity index (χ2n) is 7.02. The fourth-order valence-corrected chi connectivity index (χ4v) is 2.86. The van der Waals surface area contributed by atoms with Crippen LogP contribution in [0.4, 0.5) is 13.2 Å². The number of nitrogens with one attached hydrogen (secondary N) is 1. The molecule has 0 aromatic heterocycles. The van der Waals surface area contributed by atoms with Gasteiger partial charge in [-0.1, -0.05) is 24.3 Å². The number of methoxy groups -OCH3 is 1. The van der Waals surface area contributed by atoms with Crippen LogP contribution in [0.15, 0.2) is 48.5 Å². The number of benzene rings is 2. The quantitative estimate of drug-likeness (QED) is 0.588. The molecule has 0 heterocycles. The zero-order valence-electron chi connectivity index (χ0n) is 17.1. The molecule has 0 aliphatic carbocycles. The van der Waals surface area contributed by atoms with Crippen LogP contribution in [0, 0.1) is 0 Å². The fraction of sp³-hybridized carbons (Fsp3) is 0.364. The van der Waals surface area contributed by atoms with Gasteiger partial charge in [-0.05, 0) is 42.3 Å². The molecule has 0 fully saturated rings. The lowest BCUT2D eigenvalue weighted by molar-refractivity contribution is -0.148. The maximum absolute atomic E-state index is 12.8. The van der Waals surface area contributed by atoms with Crippen molar-refractivity contribution in [3.63, 3.8) is 0 Å². The minimum atomic E-state index is -4.43. The van der Waals surface area contributed by atoms with Crippen LogP contribution < -0.4 is 10.1 Å². The second kappa shape index (κ2) is 10.8. The Bertz CT molecular complexity index is 883. The summed E-state index contributed by atoms with van der Waals surface area (Å²) in [7, 11) is 1.33. The van der Waals surface area contributed by atoms with Crippen molar-refractivity contribution in [1.29, 1.82) is 0 Å². The van der Waals surface area contributed by atoms with Crippen molar-refractivity contribution in [2.75, 3.05) is 7.11 Å². The lowest BCUT2D eigenvalue weighted by atomic mass is 10.1. The van der Waals surface area contributed by atoms with Crippen LogP contribution >= 0.6 is 0 Å². The monoisotopic (exact) mass is 439 g/mol. The Kier molecular flexibility index (Phi) is 8.44. The Morgan fingerprint density at radius 3 is 2.35 bits per heavy atom. The molecule has 2 N–H and O–H groups in total. The molecule has 2 rings (SSSR count). The van der Waals surface area contributed by atoms with Gasteiger partial charge >= 0.3 is 12.1 Å². The molecule has 168 valence electrons. The molecule has 2 atom stereocenters. The van der Waals surface area contributed by atoms with E-state index in [1.807, 2.05) is 0 Å². The Morgan fingerprint density at radius 1 is 1.10 bits per heavy atom. The highest BCUT2D eigenvalue weighted by Gasteiger charge is 2.30. The van der Waals surface area contributed by atoms with E-state index in [0.29, 0.717) is 11.3 Å². The van der Waals surface area contributed by atoms with Gasteiger partial charge in [-0.15, -0.1) is 0 Å². The maximum atomic E-state index is 12.8. The fourth-order valence-electron chi connectivity index (χ4n) is 2.86. The third kappa shape index (κ3) is 7.93. The molecule has 1 unspecified atom stereocenters. The molecule has 1 amide bonds. The Labute approximate surface area is 178 Å². The highest BCUT2D eigenvalue weighted by molar-refractivity contribution is 5.76. The van der Waals surface area contributed by atoms with Gasteiger partial charge in [0.2, 0.25) is 5.91 Å². The first-order valence-corrected chi connectivity index (χ1v) is 9.52. The number of alkyl halides is 3. The van der Waals surface area contributed by atoms with Crippen LogP contribution in [0.25, 0.3) is 0 Å². The number of carboxylic acids is 1. The van der Waals surface area contributed by atoms with Gasteiger partial charge in [0.05, 0.1) is 12.0 Å². The Hall–Kier alpha value is -3.07. The highest BCUT2D eigenvalue weighted by Crippen LogP contribution is 2.29. The first-order chi connectivity index (χ1) is 14.6. The summed E-state index contributed by atoms with van der Waals surface area (Å²) in [5, 5.41) is 11.6. The number of ether oxygens (including phenoxy) is 2. The van der Waals surface area contributed by atoms with Gasteiger partial charge in [0.1, 0.15) is 11.9 Å². The van der Waals surface area contributed by atoms with Gasteiger partial charge in [-0.2, -0.15) is 13.2 Å². The average Bonchev–Trinajstić information content (AvgIpc) is 2.71. The van der Waals surface area contributed by atoms with Gasteiger partial charge in [-0.3, -0.25) is 4.79 Å². The summed E-state index contributed by atoms with van der Waals surface area (Å²) in [5.74, 6) is -0.898. The first-order valence-electron chi connectivity index (χ1n) is 9.52. The van der Waals surface area contributed by atoms with Crippen molar-refractivity contribution in [1.82, 2.24) is 5.32 Å². The van der Waals surface area contributed by atoms with Crippen LogP contribution in [-0.4, -0.2) is 36.3 Å². The van der Waals surface area contributed by atoms with Crippen molar-refractivity contribution in [3.05, 3.63) is 65.2 Å². The van der Waals surface area contributed by atoms with Crippen LogP contribution in [0.5, 0.6) is 5.75 Å². The van der Waals surface area contributed by atoms with E-state index in [-0.39, 0.29) is 25.3 Å². The molecule has 6 nitrogen and oxygen atoms in total. The van der Waals surface area contributed by atoms with Crippen molar-refractivity contribution >= 4 is 11.9 Å². The number of amides is 1. The van der Waals surface area contributed by atoms with E-state index in [1.165, 1.54) is 19.2 Å². The summed E-state index contributed by atoms with van der Waals surface area (Å²) in [6.07, 6.45) is -5.62. The number of rotatable bonds is 10. The second-order valence-corrected chi connectivity index (χ2v) is 7.02. The topological polar surface area (TPSA) is 84.9 Å². The summed E-state index contributed by atoms with van der Waals surface area (Å²) >= 11 is 0. The zero-order valence-corrected chi connectivity index (χ0v) is 17.1. The van der Waals surface area contributed by atoms with E-state index in [4.69, 9.17) is 14.6 Å². The molecule has 31 heavy (non-hydrogen) atoms. The van der Waals surface area contributed by atoms with E-state index in [1.54, 1.807) is 31.2 Å². The van der Waals surface area contributed by atoms with Crippen LogP contribution in [-0.2, 0) is 33.5 Å². The Balaban J connectivity index is 1.82. The molecule has 9 heteroatoms. The summed E-state index contributed by atoms with van der Waals surface area (Å²) in [5.41, 5.74) is 0.343. The average molecular weight is 439 g/mol. The summed E-state index contributed by atoms with van der Waals surface area (Å²) < 4.78 is 48.8. The van der Waals surface area contributed by atoms with Gasteiger partial charge in [0, 0.05) is 20.1 Å². The smallest absolute Gasteiger partial charge is 0.416 e. The van der Waals surface area contributed by atoms with Gasteiger partial charge < -0.3 is 19.9 Å². The summed E-state index contributed by atoms with van der Waals surface area (Å²) in [4.78, 5) is 23.1. The largest absolute Gasteiger partial charge is 0.490 e. The maximum Gasteiger partial charge on any atom is 0.416 e. The minimum absolute atomic E-state index is 0.0193. The molecule has 0 saturated carbocycles. The van der Waals surface area contributed by atoms with Crippen molar-refractivity contribution < 1.29 is 37.3 Å². The number of aliphatic carboxylic acids is 1. The van der Waals surface area contributed by atoms with Gasteiger partial charge in [-0.25, -0.2) is 4.79 Å². The zero-order chi connectivity index (χ0) is 23.0. The standard InChI is InChI=1S/C22H24F3NO5/c1-14(31-18-8-6-15(7-9-18)12-19(30-2)21(28)29)10-20(27)26-13-16-4-3-5-17(11-16)22(23,24)25/h3-9,11,14,19H,10,12-13H2,1-2H3,(H,26,27)(H,28,29)/t14?,19-/m0/s1. The molecule has 2 aromatic carbocycles. The molecular formula is C22H24F3NO5. The highest BCUT2D eigenvalue weighted by atomic mass is 19.4. The van der Waals surface area contributed by atoms with E-state index >= 15 is 0 Å². The van der Waals surface area contributed by atoms with E-state index < -0.39 is 29.9 Å². The third-order valence-electron chi connectivity index (χ3n) is 4.46. The number of hydrogen-bond acceptors (Lipinski definition) is 4. The number of carbonyl (C=O) groups excluding carboxylic acids is 1. The molecule has 0 saturated heterocycles. The van der Waals surface area contributed by atoms with Crippen molar-refractivity contribution in [2.24, 2.45) is 0 Å². The first kappa shape index (κ1) is 24.2. The predicted octanol–water partition coefficient (Wildman–Crippen LogP) is 3.82. The normalized spacial score (nSPS) is 13.3. The molecule has 0 spiro atoms. The molecule has 0 aliphatic rings. The summed E-state index contributed by atoms with van der Waals surface area (Å²) in [6.45, 7) is 1.68. The SMILES string of the molecule is CO[C@@H](Cc1ccc(OC(C)CC(=O)NCc2cccc(C(F)(F)F)c2)cc1)C(=O)O. The minimum Gasteiger partial charge on any atom is -0.490 e. The van der Waals surface area contributed by atoms with Crippen LogP contribution in [0.2, 0.25) is 0 Å². The van der Waals surface area contributed by atoms with Gasteiger partial charge in [0.15, 0.2) is 6.10 Å². The van der Waals surface area contributed by atoms with Crippen molar-refractivity contribution in [2.45, 2.75) is 44.7 Å².